The van der Waals surface area contributed by atoms with Crippen LogP contribution in [0.3, 0.4) is 0 Å². The normalized spacial score (nSPS) is 23.6. The number of ether oxygens (including phenoxy) is 2. The summed E-state index contributed by atoms with van der Waals surface area (Å²) < 4.78 is 11.2. The molecular weight excluding hydrogens is 327 g/mol. The lowest BCUT2D eigenvalue weighted by molar-refractivity contribution is 0.134. The van der Waals surface area contributed by atoms with Crippen LogP contribution in [0.25, 0.3) is 0 Å². The summed E-state index contributed by atoms with van der Waals surface area (Å²) in [5.41, 5.74) is 2.73. The van der Waals surface area contributed by atoms with Gasteiger partial charge in [-0.25, -0.2) is 0 Å². The third-order valence-electron chi connectivity index (χ3n) is 4.73. The lowest BCUT2D eigenvalue weighted by Crippen LogP contribution is -2.27. The van der Waals surface area contributed by atoms with Gasteiger partial charge in [0.05, 0.1) is 12.2 Å². The van der Waals surface area contributed by atoms with E-state index in [4.69, 9.17) is 9.47 Å². The molecule has 3 rings (SSSR count). The molecule has 25 heavy (non-hydrogen) atoms. The SMILES string of the molecule is CO[C@@H](C)[C]1[CH][CH][CH][C]1P([C]1[CH][CH][CH][C]1[C@H](C)OC)c1ccccc1. The van der Waals surface area contributed by atoms with Crippen molar-refractivity contribution in [1.82, 2.24) is 0 Å². The third kappa shape index (κ3) is 4.12. The minimum atomic E-state index is -0.650. The summed E-state index contributed by atoms with van der Waals surface area (Å²) in [5, 5.41) is 1.35. The molecule has 0 unspecified atom stereocenters. The van der Waals surface area contributed by atoms with E-state index in [1.54, 1.807) is 14.2 Å². The van der Waals surface area contributed by atoms with Gasteiger partial charge in [-0.05, 0) is 57.7 Å². The predicted molar refractivity (Wildman–Crippen MR) is 105 cm³/mol. The Morgan fingerprint density at radius 3 is 1.64 bits per heavy atom. The number of hydrogen-bond acceptors (Lipinski definition) is 2. The molecule has 3 heteroatoms. The molecule has 0 aromatic heterocycles. The van der Waals surface area contributed by atoms with Crippen molar-refractivity contribution in [3.05, 3.63) is 92.0 Å². The first-order valence-electron chi connectivity index (χ1n) is 8.59. The Balaban J connectivity index is 1.93. The van der Waals surface area contributed by atoms with Crippen LogP contribution in [0.5, 0.6) is 0 Å². The molecule has 10 radical (unpaired) electrons. The summed E-state index contributed by atoms with van der Waals surface area (Å²) in [7, 11) is 2.89. The average molecular weight is 352 g/mol. The van der Waals surface area contributed by atoms with E-state index in [9.17, 15) is 0 Å². The van der Waals surface area contributed by atoms with Gasteiger partial charge in [0, 0.05) is 37.4 Å². The van der Waals surface area contributed by atoms with Crippen LogP contribution in [0.2, 0.25) is 0 Å². The number of rotatable bonds is 7. The highest BCUT2D eigenvalue weighted by Crippen LogP contribution is 2.68. The Labute approximate surface area is 155 Å². The van der Waals surface area contributed by atoms with Crippen LogP contribution in [-0.4, -0.2) is 26.4 Å². The molecule has 0 saturated heterocycles. The number of hydrogen-bond donors (Lipinski definition) is 0. The zero-order valence-electron chi connectivity index (χ0n) is 15.3. The molecule has 1 aromatic carbocycles. The fourth-order valence-electron chi connectivity index (χ4n) is 3.18. The fraction of sp³-hybridized carbons (Fsp3) is 0.273. The third-order valence-corrected chi connectivity index (χ3v) is 7.32. The Kier molecular flexibility index (Phi) is 6.94. The van der Waals surface area contributed by atoms with E-state index in [2.05, 4.69) is 82.7 Å². The minimum Gasteiger partial charge on any atom is -0.381 e. The summed E-state index contributed by atoms with van der Waals surface area (Å²) in [6.07, 6.45) is 13.3. The molecule has 2 atom stereocenters. The van der Waals surface area contributed by atoms with Crippen LogP contribution in [0.1, 0.15) is 13.8 Å². The summed E-state index contributed by atoms with van der Waals surface area (Å²) in [6.45, 7) is 4.22. The molecule has 2 aliphatic rings. The number of methoxy groups -OCH3 is 2. The van der Waals surface area contributed by atoms with Crippen molar-refractivity contribution >= 4 is 13.2 Å². The maximum atomic E-state index is 5.62. The van der Waals surface area contributed by atoms with Gasteiger partial charge in [0.1, 0.15) is 0 Å². The molecule has 2 aliphatic carbocycles. The van der Waals surface area contributed by atoms with Gasteiger partial charge < -0.3 is 9.47 Å². The van der Waals surface area contributed by atoms with Crippen LogP contribution in [-0.2, 0) is 9.47 Å². The van der Waals surface area contributed by atoms with E-state index in [-0.39, 0.29) is 12.2 Å². The first kappa shape index (κ1) is 19.3. The highest BCUT2D eigenvalue weighted by Gasteiger charge is 2.47. The van der Waals surface area contributed by atoms with Crippen LogP contribution >= 0.6 is 7.92 Å². The van der Waals surface area contributed by atoms with Crippen LogP contribution in [0, 0.1) is 61.7 Å². The molecule has 0 aliphatic heterocycles. The molecule has 0 spiro atoms. The van der Waals surface area contributed by atoms with Crippen molar-refractivity contribution in [3.63, 3.8) is 0 Å². The van der Waals surface area contributed by atoms with Gasteiger partial charge in [0.2, 0.25) is 0 Å². The summed E-state index contributed by atoms with van der Waals surface area (Å²) >= 11 is 0. The van der Waals surface area contributed by atoms with E-state index in [0.717, 1.165) is 0 Å². The van der Waals surface area contributed by atoms with E-state index < -0.39 is 7.92 Å². The smallest absolute Gasteiger partial charge is 0.0618 e. The number of benzene rings is 1. The first-order valence-corrected chi connectivity index (χ1v) is 9.93. The quantitative estimate of drug-likeness (QED) is 0.680. The molecule has 0 amide bonds. The lowest BCUT2D eigenvalue weighted by atomic mass is 10.0. The molecule has 130 valence electrons. The second kappa shape index (κ2) is 8.98. The molecular formula is C22H25O2P. The average Bonchev–Trinajstić information content (AvgIpc) is 3.32. The maximum absolute atomic E-state index is 5.62. The first-order chi connectivity index (χ1) is 12.2. The van der Waals surface area contributed by atoms with Gasteiger partial charge in [-0.2, -0.15) is 0 Å². The molecule has 0 heterocycles. The topological polar surface area (TPSA) is 18.5 Å². The van der Waals surface area contributed by atoms with Gasteiger partial charge in [-0.15, -0.1) is 0 Å². The van der Waals surface area contributed by atoms with Gasteiger partial charge in [-0.3, -0.25) is 0 Å². The highest BCUT2D eigenvalue weighted by atomic mass is 31.1. The monoisotopic (exact) mass is 352 g/mol. The Morgan fingerprint density at radius 2 is 1.20 bits per heavy atom. The second-order valence-corrected chi connectivity index (χ2v) is 8.31. The summed E-state index contributed by atoms with van der Waals surface area (Å²) in [5.74, 6) is 2.55. The zero-order chi connectivity index (χ0) is 17.8. The lowest BCUT2D eigenvalue weighted by Gasteiger charge is -2.38. The van der Waals surface area contributed by atoms with E-state index in [0.29, 0.717) is 0 Å². The van der Waals surface area contributed by atoms with Crippen molar-refractivity contribution in [3.8, 4) is 0 Å². The molecule has 2 fully saturated rings. The minimum absolute atomic E-state index is 0.0805. The second-order valence-electron chi connectivity index (χ2n) is 6.16. The van der Waals surface area contributed by atoms with Crippen LogP contribution in [0.4, 0.5) is 0 Å². The molecule has 0 N–H and O–H groups in total. The summed E-state index contributed by atoms with van der Waals surface area (Å²) in [6, 6.07) is 10.8. The molecule has 2 nitrogen and oxygen atoms in total. The van der Waals surface area contributed by atoms with Crippen molar-refractivity contribution in [2.45, 2.75) is 26.1 Å². The Bertz CT molecular complexity index is 492. The van der Waals surface area contributed by atoms with Crippen LogP contribution in [0.15, 0.2) is 30.3 Å². The standard InChI is InChI=1S/C22H25O2P/c1-16(23-3)19-12-8-14-21(19)25(18-10-6-5-7-11-18)22-15-9-13-20(22)17(2)24-4/h5-17H,1-4H3/t16-,17-/m0/s1. The fourth-order valence-corrected chi connectivity index (χ4v) is 5.97. The van der Waals surface area contributed by atoms with Crippen molar-refractivity contribution < 1.29 is 9.47 Å². The maximum Gasteiger partial charge on any atom is 0.0618 e. The summed E-state index contributed by atoms with van der Waals surface area (Å²) in [4.78, 5) is 0. The predicted octanol–water partition coefficient (Wildman–Crippen LogP) is 4.33. The Hall–Kier alpha value is -0.430. The van der Waals surface area contributed by atoms with E-state index >= 15 is 0 Å². The van der Waals surface area contributed by atoms with Gasteiger partial charge in [0.25, 0.3) is 0 Å². The largest absolute Gasteiger partial charge is 0.381 e. The van der Waals surface area contributed by atoms with Crippen molar-refractivity contribution in [2.24, 2.45) is 0 Å². The van der Waals surface area contributed by atoms with Gasteiger partial charge in [-0.1, -0.05) is 38.3 Å². The van der Waals surface area contributed by atoms with Crippen molar-refractivity contribution in [2.75, 3.05) is 14.2 Å². The molecule has 2 saturated carbocycles. The molecule has 0 bridgehead atoms. The van der Waals surface area contributed by atoms with Crippen LogP contribution < -0.4 is 5.30 Å². The van der Waals surface area contributed by atoms with E-state index in [1.807, 2.05) is 0 Å². The van der Waals surface area contributed by atoms with E-state index in [1.165, 1.54) is 28.5 Å². The van der Waals surface area contributed by atoms with Crippen molar-refractivity contribution in [1.29, 1.82) is 0 Å². The zero-order valence-corrected chi connectivity index (χ0v) is 16.2. The molecule has 1 aromatic rings. The highest BCUT2D eigenvalue weighted by molar-refractivity contribution is 7.72. The Morgan fingerprint density at radius 1 is 0.720 bits per heavy atom. The van der Waals surface area contributed by atoms with Gasteiger partial charge in [0.15, 0.2) is 0 Å². The van der Waals surface area contributed by atoms with Gasteiger partial charge >= 0.3 is 0 Å².